The van der Waals surface area contributed by atoms with E-state index >= 15 is 0 Å². The molecule has 0 aliphatic carbocycles. The number of para-hydroxylation sites is 1. The van der Waals surface area contributed by atoms with Gasteiger partial charge < -0.3 is 9.47 Å². The summed E-state index contributed by atoms with van der Waals surface area (Å²) in [6.07, 6.45) is 1.47. The molecule has 0 aliphatic heterocycles. The number of ether oxygens (including phenoxy) is 2. The molecule has 0 N–H and O–H groups in total. The Balaban J connectivity index is 3.04. The van der Waals surface area contributed by atoms with Gasteiger partial charge >= 0.3 is 5.97 Å². The molecule has 0 radical (unpaired) electrons. The fourth-order valence-corrected chi connectivity index (χ4v) is 1.20. The minimum absolute atomic E-state index is 0.193. The maximum absolute atomic E-state index is 10.9. The van der Waals surface area contributed by atoms with E-state index in [2.05, 4.69) is 0 Å². The van der Waals surface area contributed by atoms with Crippen LogP contribution in [-0.4, -0.2) is 18.9 Å². The Kier molecular flexibility index (Phi) is 4.51. The predicted molar refractivity (Wildman–Crippen MR) is 58.9 cm³/mol. The number of esters is 1. The fraction of sp³-hybridized carbons (Fsp3) is 0.333. The van der Waals surface area contributed by atoms with Crippen molar-refractivity contribution in [1.29, 1.82) is 0 Å². The summed E-state index contributed by atoms with van der Waals surface area (Å²) in [6.45, 7) is 3.76. The maximum Gasteiger partial charge on any atom is 0.308 e. The monoisotopic (exact) mass is 222 g/mol. The smallest absolute Gasteiger partial charge is 0.308 e. The van der Waals surface area contributed by atoms with E-state index in [1.807, 2.05) is 6.92 Å². The van der Waals surface area contributed by atoms with Crippen LogP contribution in [0.1, 0.15) is 30.6 Å². The summed E-state index contributed by atoms with van der Waals surface area (Å²) in [7, 11) is 0. The molecule has 0 amide bonds. The van der Waals surface area contributed by atoms with E-state index in [0.29, 0.717) is 24.2 Å². The lowest BCUT2D eigenvalue weighted by Gasteiger charge is -2.11. The summed E-state index contributed by atoms with van der Waals surface area (Å²) in [5, 5.41) is 0. The SMILES string of the molecule is CCCOc1cccc(C=O)c1OC(C)=O. The minimum atomic E-state index is -0.476. The van der Waals surface area contributed by atoms with Gasteiger partial charge in [-0.3, -0.25) is 9.59 Å². The van der Waals surface area contributed by atoms with Gasteiger partial charge in [0.1, 0.15) is 0 Å². The fourth-order valence-electron chi connectivity index (χ4n) is 1.20. The molecule has 0 atom stereocenters. The van der Waals surface area contributed by atoms with Crippen LogP contribution < -0.4 is 9.47 Å². The normalized spacial score (nSPS) is 9.62. The Morgan fingerprint density at radius 1 is 1.44 bits per heavy atom. The standard InChI is InChI=1S/C12H14O4/c1-3-7-15-11-6-4-5-10(8-13)12(11)16-9(2)14/h4-6,8H,3,7H2,1-2H3. The molecule has 0 aromatic heterocycles. The average Bonchev–Trinajstić information content (AvgIpc) is 2.27. The summed E-state index contributed by atoms with van der Waals surface area (Å²) >= 11 is 0. The zero-order valence-electron chi connectivity index (χ0n) is 9.36. The molecular formula is C12H14O4. The Morgan fingerprint density at radius 2 is 2.19 bits per heavy atom. The first kappa shape index (κ1) is 12.2. The van der Waals surface area contributed by atoms with Crippen LogP contribution >= 0.6 is 0 Å². The quantitative estimate of drug-likeness (QED) is 0.435. The van der Waals surface area contributed by atoms with Gasteiger partial charge in [-0.15, -0.1) is 0 Å². The second kappa shape index (κ2) is 5.90. The van der Waals surface area contributed by atoms with Crippen molar-refractivity contribution in [2.75, 3.05) is 6.61 Å². The molecule has 16 heavy (non-hydrogen) atoms. The van der Waals surface area contributed by atoms with E-state index in [4.69, 9.17) is 9.47 Å². The van der Waals surface area contributed by atoms with Crippen molar-refractivity contribution < 1.29 is 19.1 Å². The molecule has 0 bridgehead atoms. The molecule has 0 saturated carbocycles. The van der Waals surface area contributed by atoms with Gasteiger partial charge in [0.25, 0.3) is 0 Å². The van der Waals surface area contributed by atoms with Crippen LogP contribution in [0.5, 0.6) is 11.5 Å². The highest BCUT2D eigenvalue weighted by atomic mass is 16.6. The molecule has 0 heterocycles. The van der Waals surface area contributed by atoms with Gasteiger partial charge in [0.05, 0.1) is 12.2 Å². The van der Waals surface area contributed by atoms with Crippen LogP contribution in [0.25, 0.3) is 0 Å². The minimum Gasteiger partial charge on any atom is -0.490 e. The third-order valence-corrected chi connectivity index (χ3v) is 1.84. The van der Waals surface area contributed by atoms with Crippen LogP contribution in [0.15, 0.2) is 18.2 Å². The predicted octanol–water partition coefficient (Wildman–Crippen LogP) is 2.21. The largest absolute Gasteiger partial charge is 0.490 e. The van der Waals surface area contributed by atoms with E-state index in [9.17, 15) is 9.59 Å². The molecule has 4 heteroatoms. The van der Waals surface area contributed by atoms with Gasteiger partial charge in [-0.1, -0.05) is 13.0 Å². The number of hydrogen-bond acceptors (Lipinski definition) is 4. The van der Waals surface area contributed by atoms with Crippen LogP contribution in [0.2, 0.25) is 0 Å². The number of hydrogen-bond donors (Lipinski definition) is 0. The first-order valence-corrected chi connectivity index (χ1v) is 5.08. The van der Waals surface area contributed by atoms with Gasteiger partial charge in [-0.2, -0.15) is 0 Å². The average molecular weight is 222 g/mol. The number of rotatable bonds is 5. The van der Waals surface area contributed by atoms with Crippen LogP contribution in [0, 0.1) is 0 Å². The second-order valence-electron chi connectivity index (χ2n) is 3.23. The van der Waals surface area contributed by atoms with E-state index in [0.717, 1.165) is 6.42 Å². The first-order chi connectivity index (χ1) is 7.69. The van der Waals surface area contributed by atoms with Crippen molar-refractivity contribution in [3.8, 4) is 11.5 Å². The lowest BCUT2D eigenvalue weighted by atomic mass is 10.2. The summed E-state index contributed by atoms with van der Waals surface area (Å²) in [5.74, 6) is 0.135. The summed E-state index contributed by atoms with van der Waals surface area (Å²) in [4.78, 5) is 21.7. The highest BCUT2D eigenvalue weighted by Crippen LogP contribution is 2.30. The molecule has 0 aliphatic rings. The van der Waals surface area contributed by atoms with Crippen molar-refractivity contribution in [2.24, 2.45) is 0 Å². The van der Waals surface area contributed by atoms with Gasteiger partial charge in [0.15, 0.2) is 17.8 Å². The third kappa shape index (κ3) is 3.08. The van der Waals surface area contributed by atoms with Crippen molar-refractivity contribution in [1.82, 2.24) is 0 Å². The van der Waals surface area contributed by atoms with Gasteiger partial charge in [0.2, 0.25) is 0 Å². The van der Waals surface area contributed by atoms with Crippen LogP contribution in [0.4, 0.5) is 0 Å². The van der Waals surface area contributed by atoms with Crippen LogP contribution in [0.3, 0.4) is 0 Å². The second-order valence-corrected chi connectivity index (χ2v) is 3.23. The van der Waals surface area contributed by atoms with E-state index in [1.54, 1.807) is 18.2 Å². The van der Waals surface area contributed by atoms with E-state index < -0.39 is 5.97 Å². The number of aldehydes is 1. The summed E-state index contributed by atoms with van der Waals surface area (Å²) in [6, 6.07) is 4.92. The Morgan fingerprint density at radius 3 is 2.75 bits per heavy atom. The Hall–Kier alpha value is -1.84. The molecule has 0 spiro atoms. The molecule has 0 fully saturated rings. The molecule has 1 rings (SSSR count). The lowest BCUT2D eigenvalue weighted by Crippen LogP contribution is -2.06. The molecule has 1 aromatic rings. The van der Waals surface area contributed by atoms with Gasteiger partial charge in [0, 0.05) is 6.92 Å². The molecule has 0 unspecified atom stereocenters. The van der Waals surface area contributed by atoms with Crippen molar-refractivity contribution in [3.63, 3.8) is 0 Å². The van der Waals surface area contributed by atoms with Crippen molar-refractivity contribution in [2.45, 2.75) is 20.3 Å². The Labute approximate surface area is 94.2 Å². The van der Waals surface area contributed by atoms with Gasteiger partial charge in [-0.25, -0.2) is 0 Å². The van der Waals surface area contributed by atoms with E-state index in [1.165, 1.54) is 6.92 Å². The zero-order valence-corrected chi connectivity index (χ0v) is 9.36. The Bertz CT molecular complexity index is 385. The van der Waals surface area contributed by atoms with Crippen LogP contribution in [-0.2, 0) is 4.79 Å². The topological polar surface area (TPSA) is 52.6 Å². The van der Waals surface area contributed by atoms with Gasteiger partial charge in [-0.05, 0) is 18.6 Å². The first-order valence-electron chi connectivity index (χ1n) is 5.08. The summed E-state index contributed by atoms with van der Waals surface area (Å²) in [5.41, 5.74) is 0.309. The molecular weight excluding hydrogens is 208 g/mol. The maximum atomic E-state index is 10.9. The number of benzene rings is 1. The zero-order chi connectivity index (χ0) is 12.0. The van der Waals surface area contributed by atoms with Crippen molar-refractivity contribution in [3.05, 3.63) is 23.8 Å². The summed E-state index contributed by atoms with van der Waals surface area (Å²) < 4.78 is 10.4. The lowest BCUT2D eigenvalue weighted by molar-refractivity contribution is -0.132. The highest BCUT2D eigenvalue weighted by Gasteiger charge is 2.12. The number of carbonyl (C=O) groups is 2. The molecule has 1 aromatic carbocycles. The highest BCUT2D eigenvalue weighted by molar-refractivity contribution is 5.83. The van der Waals surface area contributed by atoms with Crippen molar-refractivity contribution >= 4 is 12.3 Å². The third-order valence-electron chi connectivity index (χ3n) is 1.84. The van der Waals surface area contributed by atoms with E-state index in [-0.39, 0.29) is 5.75 Å². The molecule has 4 nitrogen and oxygen atoms in total. The molecule has 86 valence electrons. The number of carbonyl (C=O) groups excluding carboxylic acids is 2. The molecule has 0 saturated heterocycles.